The van der Waals surface area contributed by atoms with Crippen LogP contribution in [0.15, 0.2) is 0 Å². The number of carbonyl (C=O) groups is 2. The molecule has 0 saturated heterocycles. The molecule has 0 aromatic heterocycles. The maximum absolute atomic E-state index is 10.9. The van der Waals surface area contributed by atoms with E-state index < -0.39 is 11.9 Å². The monoisotopic (exact) mass is 174 g/mol. The second kappa shape index (κ2) is 5.54. The molecule has 12 heavy (non-hydrogen) atoms. The lowest BCUT2D eigenvalue weighted by Gasteiger charge is -2.09. The predicted molar refractivity (Wildman–Crippen MR) is 43.3 cm³/mol. The third-order valence-electron chi connectivity index (χ3n) is 1.24. The van der Waals surface area contributed by atoms with Crippen LogP contribution >= 0.6 is 0 Å². The van der Waals surface area contributed by atoms with Gasteiger partial charge in [-0.2, -0.15) is 0 Å². The van der Waals surface area contributed by atoms with Crippen LogP contribution in [-0.2, 0) is 14.3 Å². The lowest BCUT2D eigenvalue weighted by atomic mass is 10.3. The first-order valence-electron chi connectivity index (χ1n) is 3.74. The van der Waals surface area contributed by atoms with Gasteiger partial charge in [0.25, 0.3) is 0 Å². The van der Waals surface area contributed by atoms with E-state index in [1.807, 2.05) is 0 Å². The van der Waals surface area contributed by atoms with Crippen molar-refractivity contribution in [1.29, 1.82) is 0 Å². The van der Waals surface area contributed by atoms with E-state index in [2.05, 4.69) is 5.32 Å². The van der Waals surface area contributed by atoms with Gasteiger partial charge in [-0.05, 0) is 13.8 Å². The topological polar surface area (TPSA) is 81.4 Å². The zero-order valence-corrected chi connectivity index (χ0v) is 7.29. The van der Waals surface area contributed by atoms with Crippen molar-refractivity contribution in [2.24, 2.45) is 5.73 Å². The largest absolute Gasteiger partial charge is 0.372 e. The van der Waals surface area contributed by atoms with Gasteiger partial charge in [-0.1, -0.05) is 0 Å². The van der Waals surface area contributed by atoms with Gasteiger partial charge < -0.3 is 15.8 Å². The maximum Gasteiger partial charge on any atom is 0.246 e. The van der Waals surface area contributed by atoms with E-state index in [0.29, 0.717) is 6.61 Å². The Hall–Kier alpha value is -1.10. The number of hydrogen-bond acceptors (Lipinski definition) is 3. The van der Waals surface area contributed by atoms with Crippen molar-refractivity contribution in [3.63, 3.8) is 0 Å². The van der Waals surface area contributed by atoms with Crippen LogP contribution in [0, 0.1) is 0 Å². The Morgan fingerprint density at radius 3 is 2.58 bits per heavy atom. The Balaban J connectivity index is 3.61. The number of nitrogens with two attached hydrogens (primary N) is 1. The number of carbonyl (C=O) groups excluding carboxylic acids is 2. The van der Waals surface area contributed by atoms with Crippen molar-refractivity contribution >= 4 is 11.8 Å². The summed E-state index contributed by atoms with van der Waals surface area (Å²) in [7, 11) is 0. The van der Waals surface area contributed by atoms with E-state index in [9.17, 15) is 9.59 Å². The van der Waals surface area contributed by atoms with E-state index in [1.165, 1.54) is 6.92 Å². The van der Waals surface area contributed by atoms with Crippen LogP contribution in [0.4, 0.5) is 0 Å². The lowest BCUT2D eigenvalue weighted by Crippen LogP contribution is -2.43. The predicted octanol–water partition coefficient (Wildman–Crippen LogP) is -0.987. The minimum absolute atomic E-state index is 0.0336. The van der Waals surface area contributed by atoms with Gasteiger partial charge in [0.2, 0.25) is 11.8 Å². The Morgan fingerprint density at radius 1 is 1.58 bits per heavy atom. The van der Waals surface area contributed by atoms with E-state index in [1.54, 1.807) is 6.92 Å². The maximum atomic E-state index is 10.9. The molecule has 2 amide bonds. The molecule has 0 aliphatic rings. The van der Waals surface area contributed by atoms with Crippen LogP contribution in [0.1, 0.15) is 13.8 Å². The molecule has 0 aliphatic heterocycles. The normalized spacial score (nSPS) is 12.2. The second-order valence-corrected chi connectivity index (χ2v) is 2.33. The highest BCUT2D eigenvalue weighted by atomic mass is 16.5. The highest BCUT2D eigenvalue weighted by molar-refractivity contribution is 5.86. The third-order valence-corrected chi connectivity index (χ3v) is 1.24. The molecule has 0 rings (SSSR count). The summed E-state index contributed by atoms with van der Waals surface area (Å²) in [5.41, 5.74) is 4.92. The molecule has 0 aromatic rings. The zero-order valence-electron chi connectivity index (χ0n) is 7.29. The lowest BCUT2D eigenvalue weighted by molar-refractivity contribution is -0.129. The van der Waals surface area contributed by atoms with Crippen LogP contribution in [0.25, 0.3) is 0 Å². The van der Waals surface area contributed by atoms with Crippen molar-refractivity contribution in [3.05, 3.63) is 0 Å². The van der Waals surface area contributed by atoms with Gasteiger partial charge in [-0.25, -0.2) is 0 Å². The first-order valence-corrected chi connectivity index (χ1v) is 3.74. The summed E-state index contributed by atoms with van der Waals surface area (Å²) in [5, 5.41) is 2.38. The van der Waals surface area contributed by atoms with E-state index in [0.717, 1.165) is 0 Å². The fraction of sp³-hybridized carbons (Fsp3) is 0.714. The number of nitrogens with one attached hydrogen (secondary N) is 1. The molecular weight excluding hydrogens is 160 g/mol. The summed E-state index contributed by atoms with van der Waals surface area (Å²) < 4.78 is 4.81. The molecule has 0 saturated carbocycles. The van der Waals surface area contributed by atoms with Gasteiger partial charge in [-0.15, -0.1) is 0 Å². The molecule has 1 atom stereocenters. The van der Waals surface area contributed by atoms with Gasteiger partial charge >= 0.3 is 0 Å². The molecule has 0 radical (unpaired) electrons. The first-order chi connectivity index (χ1) is 5.57. The van der Waals surface area contributed by atoms with E-state index in [4.69, 9.17) is 10.5 Å². The van der Waals surface area contributed by atoms with Crippen molar-refractivity contribution in [2.45, 2.75) is 19.9 Å². The van der Waals surface area contributed by atoms with Gasteiger partial charge in [0.1, 0.15) is 12.6 Å². The van der Waals surface area contributed by atoms with Crippen LogP contribution in [-0.4, -0.2) is 31.1 Å². The smallest absolute Gasteiger partial charge is 0.246 e. The summed E-state index contributed by atoms with van der Waals surface area (Å²) in [4.78, 5) is 21.3. The van der Waals surface area contributed by atoms with Crippen LogP contribution in [0.3, 0.4) is 0 Å². The molecule has 70 valence electrons. The minimum Gasteiger partial charge on any atom is -0.372 e. The number of amides is 2. The number of ether oxygens (including phenoxy) is 1. The highest BCUT2D eigenvalue weighted by Gasteiger charge is 2.11. The Morgan fingerprint density at radius 2 is 2.17 bits per heavy atom. The molecular formula is C7H14N2O3. The van der Waals surface area contributed by atoms with Crippen LogP contribution < -0.4 is 11.1 Å². The Kier molecular flexibility index (Phi) is 5.03. The summed E-state index contributed by atoms with van der Waals surface area (Å²) in [6.07, 6.45) is 0. The summed E-state index contributed by atoms with van der Waals surface area (Å²) in [6.45, 7) is 3.74. The van der Waals surface area contributed by atoms with Gasteiger partial charge in [0.15, 0.2) is 0 Å². The fourth-order valence-electron chi connectivity index (χ4n) is 0.549. The fourth-order valence-corrected chi connectivity index (χ4v) is 0.549. The van der Waals surface area contributed by atoms with Crippen molar-refractivity contribution in [2.75, 3.05) is 13.2 Å². The third kappa shape index (κ3) is 4.68. The van der Waals surface area contributed by atoms with Crippen molar-refractivity contribution in [3.8, 4) is 0 Å². The van der Waals surface area contributed by atoms with Gasteiger partial charge in [0, 0.05) is 6.61 Å². The number of hydrogen-bond donors (Lipinski definition) is 2. The molecule has 3 N–H and O–H groups in total. The summed E-state index contributed by atoms with van der Waals surface area (Å²) in [6, 6.07) is -0.641. The minimum atomic E-state index is -0.641. The standard InChI is InChI=1S/C7H14N2O3/c1-3-12-4-6(10)9-5(2)7(8)11/h5H,3-4H2,1-2H3,(H2,8,11)(H,9,10). The molecule has 0 aromatic carbocycles. The van der Waals surface area contributed by atoms with E-state index >= 15 is 0 Å². The van der Waals surface area contributed by atoms with Gasteiger partial charge in [-0.3, -0.25) is 9.59 Å². The first kappa shape index (κ1) is 10.9. The molecule has 0 bridgehead atoms. The SMILES string of the molecule is CCOCC(=O)NC(C)C(N)=O. The second-order valence-electron chi connectivity index (χ2n) is 2.33. The van der Waals surface area contributed by atoms with Crippen molar-refractivity contribution in [1.82, 2.24) is 5.32 Å². The van der Waals surface area contributed by atoms with E-state index in [-0.39, 0.29) is 12.5 Å². The van der Waals surface area contributed by atoms with Crippen molar-refractivity contribution < 1.29 is 14.3 Å². The molecule has 0 spiro atoms. The molecule has 0 fully saturated rings. The van der Waals surface area contributed by atoms with Crippen LogP contribution in [0.5, 0.6) is 0 Å². The van der Waals surface area contributed by atoms with Gasteiger partial charge in [0.05, 0.1) is 0 Å². The molecule has 5 heteroatoms. The quantitative estimate of drug-likeness (QED) is 0.561. The molecule has 0 aliphatic carbocycles. The van der Waals surface area contributed by atoms with Crippen LogP contribution in [0.2, 0.25) is 0 Å². The molecule has 0 heterocycles. The molecule has 1 unspecified atom stereocenters. The average molecular weight is 174 g/mol. The summed E-state index contributed by atoms with van der Waals surface area (Å²) >= 11 is 0. The highest BCUT2D eigenvalue weighted by Crippen LogP contribution is 1.80. The summed E-state index contributed by atoms with van der Waals surface area (Å²) in [5.74, 6) is -0.886. The molecule has 5 nitrogen and oxygen atoms in total. The Bertz CT molecular complexity index is 170. The Labute approximate surface area is 71.3 Å². The average Bonchev–Trinajstić information content (AvgIpc) is 2.00. The zero-order chi connectivity index (χ0) is 9.56. The number of rotatable bonds is 5. The number of primary amides is 1.